The zero-order valence-electron chi connectivity index (χ0n) is 12.0. The summed E-state index contributed by atoms with van der Waals surface area (Å²) in [6, 6.07) is 0. The lowest BCUT2D eigenvalue weighted by Gasteiger charge is -2.42. The molecule has 0 atom stereocenters. The Kier molecular flexibility index (Phi) is 5.16. The molecule has 0 aromatic heterocycles. The van der Waals surface area contributed by atoms with Crippen LogP contribution in [0.1, 0.15) is 6.92 Å². The normalized spacial score (nSPS) is 12.0. The molecule has 0 unspecified atom stereocenters. The number of carboxylic acid groups (broad SMARTS) is 7. The largest absolute Gasteiger partial charge is 0.480 e. The summed E-state index contributed by atoms with van der Waals surface area (Å²) in [4.78, 5) is 80.0. The molecule has 0 saturated carbocycles. The van der Waals surface area contributed by atoms with Crippen molar-refractivity contribution in [3.63, 3.8) is 0 Å². The first kappa shape index (κ1) is 21.3. The SMILES string of the molecule is CC(C(=O)O)(C(=O)O)C(C(=O)O)(C(=O)O)C(C(=O)O)(C(=O)O)C(=O)O. The van der Waals surface area contributed by atoms with Gasteiger partial charge >= 0.3 is 41.8 Å². The van der Waals surface area contributed by atoms with Crippen molar-refractivity contribution in [2.45, 2.75) is 6.92 Å². The first-order chi connectivity index (χ1) is 11.1. The average molecular weight is 366 g/mol. The van der Waals surface area contributed by atoms with E-state index < -0.39 is 58.0 Å². The van der Waals surface area contributed by atoms with Crippen LogP contribution in [0.2, 0.25) is 0 Å². The average Bonchev–Trinajstić information content (AvgIpc) is 2.40. The molecule has 25 heavy (non-hydrogen) atoms. The lowest BCUT2D eigenvalue weighted by atomic mass is 9.50. The van der Waals surface area contributed by atoms with Gasteiger partial charge in [0.25, 0.3) is 5.41 Å². The van der Waals surface area contributed by atoms with Crippen molar-refractivity contribution in [3.8, 4) is 0 Å². The van der Waals surface area contributed by atoms with E-state index in [9.17, 15) is 43.8 Å². The van der Waals surface area contributed by atoms with E-state index in [1.165, 1.54) is 0 Å². The molecule has 0 radical (unpaired) electrons. The maximum absolute atomic E-state index is 11.6. The summed E-state index contributed by atoms with van der Waals surface area (Å²) >= 11 is 0. The summed E-state index contributed by atoms with van der Waals surface area (Å²) in [5.74, 6) is -21.1. The van der Waals surface area contributed by atoms with Gasteiger partial charge < -0.3 is 35.7 Å². The number of carboxylic acids is 7. The standard InChI is InChI=1S/C11H10O14/c1-9(2(12)13,3(14)15)11(7(22)23,8(24)25)10(4(16)17,5(18)19)6(20)21/h1H3,(H,12,13)(H,14,15)(H,16,17)(H,18,19)(H,20,21)(H,22,23)(H,24,25). The van der Waals surface area contributed by atoms with E-state index in [-0.39, 0.29) is 6.92 Å². The van der Waals surface area contributed by atoms with Crippen LogP contribution in [0.25, 0.3) is 0 Å². The van der Waals surface area contributed by atoms with Crippen LogP contribution in [0.5, 0.6) is 0 Å². The topological polar surface area (TPSA) is 261 Å². The Labute approximate surface area is 135 Å². The third-order valence-electron chi connectivity index (χ3n) is 3.77. The van der Waals surface area contributed by atoms with Gasteiger partial charge in [0.05, 0.1) is 0 Å². The van der Waals surface area contributed by atoms with Gasteiger partial charge in [0, 0.05) is 0 Å². The molecule has 0 bridgehead atoms. The van der Waals surface area contributed by atoms with Crippen LogP contribution >= 0.6 is 0 Å². The Bertz CT molecular complexity index is 636. The van der Waals surface area contributed by atoms with Crippen LogP contribution in [0, 0.1) is 16.2 Å². The molecule has 7 N–H and O–H groups in total. The van der Waals surface area contributed by atoms with Crippen molar-refractivity contribution >= 4 is 41.8 Å². The number of carbonyl (C=O) groups is 7. The number of hydrogen-bond donors (Lipinski definition) is 7. The summed E-state index contributed by atoms with van der Waals surface area (Å²) in [7, 11) is 0. The van der Waals surface area contributed by atoms with Crippen molar-refractivity contribution in [3.05, 3.63) is 0 Å². The summed E-state index contributed by atoms with van der Waals surface area (Å²) in [6.07, 6.45) is 0. The molecule has 0 aliphatic carbocycles. The predicted octanol–water partition coefficient (Wildman–Crippen LogP) is -2.44. The number of aliphatic carboxylic acids is 7. The zero-order chi connectivity index (χ0) is 20.5. The third-order valence-corrected chi connectivity index (χ3v) is 3.77. The van der Waals surface area contributed by atoms with Crippen LogP contribution in [0.15, 0.2) is 0 Å². The molecule has 14 heteroatoms. The molecule has 0 spiro atoms. The highest BCUT2D eigenvalue weighted by Crippen LogP contribution is 2.54. The van der Waals surface area contributed by atoms with E-state index >= 15 is 0 Å². The van der Waals surface area contributed by atoms with Gasteiger partial charge in [-0.2, -0.15) is 0 Å². The van der Waals surface area contributed by atoms with Gasteiger partial charge in [-0.15, -0.1) is 0 Å². The molecule has 0 aliphatic heterocycles. The maximum Gasteiger partial charge on any atom is 0.334 e. The molecule has 0 heterocycles. The van der Waals surface area contributed by atoms with Gasteiger partial charge in [-0.25, -0.2) is 0 Å². The minimum atomic E-state index is -4.91. The van der Waals surface area contributed by atoms with Crippen LogP contribution in [-0.2, 0) is 33.6 Å². The Morgan fingerprint density at radius 2 is 0.720 bits per heavy atom. The Hall–Kier alpha value is -3.71. The second-order valence-electron chi connectivity index (χ2n) is 4.76. The summed E-state index contributed by atoms with van der Waals surface area (Å²) < 4.78 is 0. The molecular formula is C11H10O14. The predicted molar refractivity (Wildman–Crippen MR) is 66.4 cm³/mol. The van der Waals surface area contributed by atoms with Crippen molar-refractivity contribution in [1.82, 2.24) is 0 Å². The van der Waals surface area contributed by atoms with Crippen LogP contribution in [-0.4, -0.2) is 77.5 Å². The zero-order valence-corrected chi connectivity index (χ0v) is 12.0. The second-order valence-corrected chi connectivity index (χ2v) is 4.76. The maximum atomic E-state index is 11.6. The molecule has 14 nitrogen and oxygen atoms in total. The van der Waals surface area contributed by atoms with Crippen LogP contribution in [0.3, 0.4) is 0 Å². The van der Waals surface area contributed by atoms with E-state index in [1.54, 1.807) is 0 Å². The van der Waals surface area contributed by atoms with Crippen molar-refractivity contribution in [1.29, 1.82) is 0 Å². The van der Waals surface area contributed by atoms with Gasteiger partial charge in [0.1, 0.15) is 0 Å². The van der Waals surface area contributed by atoms with E-state index in [0.29, 0.717) is 0 Å². The molecule has 138 valence electrons. The van der Waals surface area contributed by atoms with Crippen LogP contribution < -0.4 is 0 Å². The molecular weight excluding hydrogens is 356 g/mol. The first-order valence-corrected chi connectivity index (χ1v) is 5.74. The monoisotopic (exact) mass is 366 g/mol. The molecule has 0 saturated heterocycles. The summed E-state index contributed by atoms with van der Waals surface area (Å²) in [6.45, 7) is -0.122. The Morgan fingerprint density at radius 3 is 0.840 bits per heavy atom. The highest BCUT2D eigenvalue weighted by atomic mass is 16.4. The molecule has 0 fully saturated rings. The van der Waals surface area contributed by atoms with Gasteiger partial charge in [-0.05, 0) is 6.92 Å². The van der Waals surface area contributed by atoms with Crippen LogP contribution in [0.4, 0.5) is 0 Å². The lowest BCUT2D eigenvalue weighted by Crippen LogP contribution is -2.73. The fourth-order valence-corrected chi connectivity index (χ4v) is 2.38. The van der Waals surface area contributed by atoms with Crippen molar-refractivity contribution in [2.75, 3.05) is 0 Å². The van der Waals surface area contributed by atoms with Crippen molar-refractivity contribution in [2.24, 2.45) is 16.2 Å². The molecule has 0 rings (SSSR count). The minimum Gasteiger partial charge on any atom is -0.480 e. The first-order valence-electron chi connectivity index (χ1n) is 5.74. The third kappa shape index (κ3) is 2.14. The highest BCUT2D eigenvalue weighted by Gasteiger charge is 2.86. The Morgan fingerprint density at radius 1 is 0.480 bits per heavy atom. The summed E-state index contributed by atoms with van der Waals surface area (Å²) in [5.41, 5.74) is -14.0. The van der Waals surface area contributed by atoms with Gasteiger partial charge in [-0.3, -0.25) is 33.6 Å². The second kappa shape index (κ2) is 6.06. The Balaban J connectivity index is 7.96. The lowest BCUT2D eigenvalue weighted by molar-refractivity contribution is -0.219. The molecule has 0 amide bonds. The fraction of sp³-hybridized carbons (Fsp3) is 0.364. The molecule has 0 aliphatic rings. The van der Waals surface area contributed by atoms with E-state index in [0.717, 1.165) is 0 Å². The molecule has 0 aromatic carbocycles. The van der Waals surface area contributed by atoms with E-state index in [4.69, 9.17) is 25.5 Å². The number of rotatable bonds is 9. The highest BCUT2D eigenvalue weighted by molar-refractivity contribution is 6.28. The van der Waals surface area contributed by atoms with Gasteiger partial charge in [-0.1, -0.05) is 0 Å². The van der Waals surface area contributed by atoms with Gasteiger partial charge in [0.2, 0.25) is 5.41 Å². The van der Waals surface area contributed by atoms with E-state index in [2.05, 4.69) is 0 Å². The quantitative estimate of drug-likeness (QED) is 0.209. The number of hydrogen-bond acceptors (Lipinski definition) is 7. The van der Waals surface area contributed by atoms with E-state index in [1.807, 2.05) is 0 Å². The van der Waals surface area contributed by atoms with Gasteiger partial charge in [0.15, 0.2) is 5.41 Å². The molecule has 0 aromatic rings. The minimum absolute atomic E-state index is 0.122. The fourth-order valence-electron chi connectivity index (χ4n) is 2.38. The summed E-state index contributed by atoms with van der Waals surface area (Å²) in [5, 5.41) is 63.7. The van der Waals surface area contributed by atoms with Crippen molar-refractivity contribution < 1.29 is 69.3 Å². The smallest absolute Gasteiger partial charge is 0.334 e.